The molecule has 0 fully saturated rings. The summed E-state index contributed by atoms with van der Waals surface area (Å²) in [5.74, 6) is -2.70. The normalized spacial score (nSPS) is 11.3. The van der Waals surface area contributed by atoms with Gasteiger partial charge in [-0.15, -0.1) is 0 Å². The van der Waals surface area contributed by atoms with Crippen molar-refractivity contribution in [2.75, 3.05) is 26.4 Å². The van der Waals surface area contributed by atoms with Crippen LogP contribution >= 0.6 is 0 Å². The number of nitrogens with one attached hydrogen (secondary N) is 2. The van der Waals surface area contributed by atoms with E-state index in [1.807, 2.05) is 6.92 Å². The Morgan fingerprint density at radius 1 is 0.970 bits per heavy atom. The number of halogens is 2. The van der Waals surface area contributed by atoms with Crippen LogP contribution in [0.2, 0.25) is 0 Å². The third-order valence-corrected chi connectivity index (χ3v) is 4.37. The van der Waals surface area contributed by atoms with Gasteiger partial charge < -0.3 is 24.8 Å². The number of esters is 1. The number of amides is 2. The van der Waals surface area contributed by atoms with Crippen LogP contribution in [0.25, 0.3) is 0 Å². The molecule has 33 heavy (non-hydrogen) atoms. The summed E-state index contributed by atoms with van der Waals surface area (Å²) >= 11 is 0. The average molecular weight is 464 g/mol. The zero-order valence-corrected chi connectivity index (χ0v) is 18.6. The minimum atomic E-state index is -0.838. The van der Waals surface area contributed by atoms with E-state index in [2.05, 4.69) is 10.6 Å². The number of rotatable bonds is 11. The summed E-state index contributed by atoms with van der Waals surface area (Å²) in [4.78, 5) is 36.1. The van der Waals surface area contributed by atoms with Crippen molar-refractivity contribution >= 4 is 17.8 Å². The number of ether oxygens (including phenoxy) is 3. The highest BCUT2D eigenvalue weighted by Crippen LogP contribution is 2.28. The van der Waals surface area contributed by atoms with Crippen LogP contribution in [0.5, 0.6) is 11.5 Å². The van der Waals surface area contributed by atoms with Gasteiger partial charge in [0.1, 0.15) is 18.2 Å². The molecule has 0 saturated carbocycles. The van der Waals surface area contributed by atoms with Crippen LogP contribution in [-0.4, -0.2) is 44.1 Å². The van der Waals surface area contributed by atoms with Crippen LogP contribution < -0.4 is 20.1 Å². The second-order valence-corrected chi connectivity index (χ2v) is 6.83. The molecule has 1 unspecified atom stereocenters. The number of benzene rings is 2. The SMILES string of the molecule is CCOc1ccc(C(=O)NCC(=O)OCC(=O)NC(C)c2ccc(F)cc2F)cc1OCC. The molecule has 0 heterocycles. The highest BCUT2D eigenvalue weighted by atomic mass is 19.1. The molecule has 10 heteroatoms. The van der Waals surface area contributed by atoms with E-state index in [1.165, 1.54) is 25.1 Å². The van der Waals surface area contributed by atoms with E-state index in [-0.39, 0.29) is 11.1 Å². The lowest BCUT2D eigenvalue weighted by molar-refractivity contribution is -0.147. The van der Waals surface area contributed by atoms with Gasteiger partial charge in [-0.3, -0.25) is 14.4 Å². The predicted molar refractivity (Wildman–Crippen MR) is 115 cm³/mol. The minimum absolute atomic E-state index is 0.0881. The maximum Gasteiger partial charge on any atom is 0.325 e. The molecule has 8 nitrogen and oxygen atoms in total. The molecule has 2 amide bonds. The maximum absolute atomic E-state index is 13.8. The zero-order valence-electron chi connectivity index (χ0n) is 18.6. The van der Waals surface area contributed by atoms with Crippen LogP contribution in [0.15, 0.2) is 36.4 Å². The lowest BCUT2D eigenvalue weighted by atomic mass is 10.1. The highest BCUT2D eigenvalue weighted by Gasteiger charge is 2.17. The molecule has 2 aromatic carbocycles. The van der Waals surface area contributed by atoms with Crippen molar-refractivity contribution < 1.29 is 37.4 Å². The fourth-order valence-corrected chi connectivity index (χ4v) is 2.86. The highest BCUT2D eigenvalue weighted by molar-refractivity contribution is 5.96. The average Bonchev–Trinajstić information content (AvgIpc) is 2.77. The first-order chi connectivity index (χ1) is 15.7. The van der Waals surface area contributed by atoms with Gasteiger partial charge in [-0.05, 0) is 45.0 Å². The van der Waals surface area contributed by atoms with Gasteiger partial charge in [-0.2, -0.15) is 0 Å². The van der Waals surface area contributed by atoms with Gasteiger partial charge in [0, 0.05) is 17.2 Å². The molecule has 2 rings (SSSR count). The molecule has 0 aromatic heterocycles. The molecule has 0 saturated heterocycles. The predicted octanol–water partition coefficient (Wildman–Crippen LogP) is 2.91. The van der Waals surface area contributed by atoms with Gasteiger partial charge in [0.2, 0.25) is 0 Å². The standard InChI is InChI=1S/C23H26F2N2O6/c1-4-31-19-9-6-15(10-20(19)32-5-2)23(30)26-12-22(29)33-13-21(28)27-14(3)17-8-7-16(24)11-18(17)25/h6-11,14H,4-5,12-13H2,1-3H3,(H,26,30)(H,27,28). The Kier molecular flexibility index (Phi) is 9.59. The van der Waals surface area contributed by atoms with E-state index >= 15 is 0 Å². The summed E-state index contributed by atoms with van der Waals surface area (Å²) in [6, 6.07) is 6.85. The third-order valence-electron chi connectivity index (χ3n) is 4.37. The summed E-state index contributed by atoms with van der Waals surface area (Å²) in [6.07, 6.45) is 0. The summed E-state index contributed by atoms with van der Waals surface area (Å²) in [7, 11) is 0. The minimum Gasteiger partial charge on any atom is -0.490 e. The molecule has 0 radical (unpaired) electrons. The number of hydrogen-bond donors (Lipinski definition) is 2. The lowest BCUT2D eigenvalue weighted by Gasteiger charge is -2.15. The van der Waals surface area contributed by atoms with Crippen molar-refractivity contribution in [2.24, 2.45) is 0 Å². The molecule has 0 aliphatic heterocycles. The molecule has 2 N–H and O–H groups in total. The molecule has 2 aromatic rings. The van der Waals surface area contributed by atoms with Crippen LogP contribution in [-0.2, 0) is 14.3 Å². The van der Waals surface area contributed by atoms with Crippen LogP contribution in [0.4, 0.5) is 8.78 Å². The van der Waals surface area contributed by atoms with Gasteiger partial charge in [-0.1, -0.05) is 6.07 Å². The first kappa shape index (κ1) is 25.6. The van der Waals surface area contributed by atoms with E-state index in [9.17, 15) is 23.2 Å². The Balaban J connectivity index is 1.82. The number of carbonyl (C=O) groups excluding carboxylic acids is 3. The second-order valence-electron chi connectivity index (χ2n) is 6.83. The monoisotopic (exact) mass is 464 g/mol. The van der Waals surface area contributed by atoms with E-state index in [4.69, 9.17) is 14.2 Å². The molecule has 0 aliphatic carbocycles. The molecule has 0 spiro atoms. The third kappa shape index (κ3) is 7.74. The smallest absolute Gasteiger partial charge is 0.325 e. The van der Waals surface area contributed by atoms with E-state index in [1.54, 1.807) is 13.0 Å². The first-order valence-corrected chi connectivity index (χ1v) is 10.3. The summed E-state index contributed by atoms with van der Waals surface area (Å²) in [5.41, 5.74) is 0.340. The molecule has 0 aliphatic rings. The van der Waals surface area contributed by atoms with Gasteiger partial charge in [0.25, 0.3) is 11.8 Å². The fraction of sp³-hybridized carbons (Fsp3) is 0.348. The maximum atomic E-state index is 13.8. The van der Waals surface area contributed by atoms with E-state index in [0.717, 1.165) is 6.07 Å². The summed E-state index contributed by atoms with van der Waals surface area (Å²) in [5, 5.41) is 4.84. The largest absolute Gasteiger partial charge is 0.490 e. The zero-order chi connectivity index (χ0) is 24.4. The van der Waals surface area contributed by atoms with Crippen molar-refractivity contribution in [3.8, 4) is 11.5 Å². The van der Waals surface area contributed by atoms with Crippen molar-refractivity contribution in [3.63, 3.8) is 0 Å². The van der Waals surface area contributed by atoms with E-state index in [0.29, 0.717) is 30.8 Å². The Hall–Kier alpha value is -3.69. The van der Waals surface area contributed by atoms with Crippen molar-refractivity contribution in [3.05, 3.63) is 59.2 Å². The Morgan fingerprint density at radius 3 is 2.33 bits per heavy atom. The molecule has 0 bridgehead atoms. The summed E-state index contributed by atoms with van der Waals surface area (Å²) in [6.45, 7) is 4.85. The molecular weight excluding hydrogens is 438 g/mol. The topological polar surface area (TPSA) is 103 Å². The van der Waals surface area contributed by atoms with Crippen LogP contribution in [0.1, 0.15) is 42.7 Å². The first-order valence-electron chi connectivity index (χ1n) is 10.3. The van der Waals surface area contributed by atoms with Gasteiger partial charge in [-0.25, -0.2) is 8.78 Å². The Morgan fingerprint density at radius 2 is 1.67 bits per heavy atom. The van der Waals surface area contributed by atoms with Crippen LogP contribution in [0, 0.1) is 11.6 Å². The molecular formula is C23H26F2N2O6. The summed E-state index contributed by atoms with van der Waals surface area (Å²) < 4.78 is 42.5. The Bertz CT molecular complexity index is 999. The van der Waals surface area contributed by atoms with Crippen molar-refractivity contribution in [1.29, 1.82) is 0 Å². The second kappa shape index (κ2) is 12.4. The van der Waals surface area contributed by atoms with E-state index < -0.39 is 48.6 Å². The van der Waals surface area contributed by atoms with Gasteiger partial charge in [0.15, 0.2) is 18.1 Å². The van der Waals surface area contributed by atoms with Crippen molar-refractivity contribution in [1.82, 2.24) is 10.6 Å². The number of hydrogen-bond acceptors (Lipinski definition) is 6. The van der Waals surface area contributed by atoms with Gasteiger partial charge >= 0.3 is 5.97 Å². The van der Waals surface area contributed by atoms with Gasteiger partial charge in [0.05, 0.1) is 19.3 Å². The van der Waals surface area contributed by atoms with Crippen molar-refractivity contribution in [2.45, 2.75) is 26.8 Å². The molecule has 178 valence electrons. The lowest BCUT2D eigenvalue weighted by Crippen LogP contribution is -2.35. The molecule has 1 atom stereocenters. The fourth-order valence-electron chi connectivity index (χ4n) is 2.86. The number of carbonyl (C=O) groups is 3. The Labute approximate surface area is 190 Å². The van der Waals surface area contributed by atoms with Crippen LogP contribution in [0.3, 0.4) is 0 Å². The quantitative estimate of drug-likeness (QED) is 0.496.